The van der Waals surface area contributed by atoms with Crippen LogP contribution in [0.1, 0.15) is 25.2 Å². The van der Waals surface area contributed by atoms with Crippen molar-refractivity contribution < 1.29 is 14.7 Å². The maximum atomic E-state index is 12.0. The van der Waals surface area contributed by atoms with E-state index in [1.807, 2.05) is 36.6 Å². The Morgan fingerprint density at radius 2 is 1.60 bits per heavy atom. The molecular weight excluding hydrogens is 400 g/mol. The molecule has 1 aromatic heterocycles. The third-order valence-corrected chi connectivity index (χ3v) is 4.90. The molecule has 0 aliphatic carbocycles. The van der Waals surface area contributed by atoms with Crippen molar-refractivity contribution in [3.8, 4) is 17.1 Å². The van der Waals surface area contributed by atoms with Crippen molar-refractivity contribution in [3.05, 3.63) is 59.9 Å². The number of carbonyl (C=O) groups excluding carboxylic acids is 2. The van der Waals surface area contributed by atoms with E-state index in [-0.39, 0.29) is 23.3 Å². The molecule has 0 saturated carbocycles. The number of phenolic OH excluding ortho intramolecular Hbond substituents is 1. The van der Waals surface area contributed by atoms with Gasteiger partial charge in [-0.15, -0.1) is 11.8 Å². The zero-order valence-electron chi connectivity index (χ0n) is 16.7. The number of nitrogens with zero attached hydrogens (tertiary/aromatic N) is 4. The molecule has 152 valence electrons. The van der Waals surface area contributed by atoms with Gasteiger partial charge >= 0.3 is 0 Å². The van der Waals surface area contributed by atoms with Crippen LogP contribution in [0.2, 0.25) is 0 Å². The number of thioether (sulfide) groups is 1. The molecule has 0 spiro atoms. The van der Waals surface area contributed by atoms with E-state index in [0.29, 0.717) is 5.56 Å². The summed E-state index contributed by atoms with van der Waals surface area (Å²) in [5.41, 5.74) is 1.31. The summed E-state index contributed by atoms with van der Waals surface area (Å²) in [6.45, 7) is 2.52. The Balaban J connectivity index is 2.09. The molecular formula is C22H20N4O3S. The number of aromatic hydroxyl groups is 1. The van der Waals surface area contributed by atoms with E-state index in [1.165, 1.54) is 19.9 Å². The maximum absolute atomic E-state index is 12.0. The van der Waals surface area contributed by atoms with Gasteiger partial charge in [-0.25, -0.2) is 9.88 Å². The third kappa shape index (κ3) is 4.90. The van der Waals surface area contributed by atoms with Gasteiger partial charge in [0.15, 0.2) is 11.6 Å². The topological polar surface area (TPSA) is 96.3 Å². The summed E-state index contributed by atoms with van der Waals surface area (Å²) in [6.07, 6.45) is 5.50. The van der Waals surface area contributed by atoms with E-state index in [9.17, 15) is 14.7 Å². The van der Waals surface area contributed by atoms with Crippen molar-refractivity contribution >= 4 is 41.7 Å². The molecule has 0 atom stereocenters. The molecule has 0 unspecified atom stereocenters. The quantitative estimate of drug-likeness (QED) is 0.622. The van der Waals surface area contributed by atoms with Gasteiger partial charge in [-0.3, -0.25) is 9.59 Å². The van der Waals surface area contributed by atoms with E-state index < -0.39 is 11.8 Å². The first-order valence-corrected chi connectivity index (χ1v) is 10.3. The van der Waals surface area contributed by atoms with Crippen LogP contribution >= 0.6 is 11.8 Å². The highest BCUT2D eigenvalue weighted by Crippen LogP contribution is 2.27. The SMILES string of the molecule is CSc1ccc(C=Cc2nc(-c3ccccc3O)nc(N(C(C)=O)C(C)=O)n2)cc1. The van der Waals surface area contributed by atoms with Gasteiger partial charge < -0.3 is 5.11 Å². The number of hydrogen-bond acceptors (Lipinski definition) is 7. The fourth-order valence-electron chi connectivity index (χ4n) is 2.73. The van der Waals surface area contributed by atoms with Crippen molar-refractivity contribution in [1.29, 1.82) is 0 Å². The first kappa shape index (κ1) is 21.2. The molecule has 0 aliphatic rings. The number of benzene rings is 2. The van der Waals surface area contributed by atoms with Gasteiger partial charge in [-0.2, -0.15) is 9.97 Å². The molecule has 3 aromatic rings. The molecule has 8 heteroatoms. The smallest absolute Gasteiger partial charge is 0.243 e. The standard InChI is InChI=1S/C22H20N4O3S/c1-14(27)26(15(2)28)22-24-20(13-10-16-8-11-17(30-3)12-9-16)23-21(25-22)18-6-4-5-7-19(18)29/h4-13,29H,1-3H3. The Morgan fingerprint density at radius 3 is 2.20 bits per heavy atom. The van der Waals surface area contributed by atoms with E-state index >= 15 is 0 Å². The zero-order chi connectivity index (χ0) is 21.7. The third-order valence-electron chi connectivity index (χ3n) is 4.16. The van der Waals surface area contributed by atoms with Gasteiger partial charge in [-0.05, 0) is 42.2 Å². The van der Waals surface area contributed by atoms with Crippen LogP contribution in [0, 0.1) is 0 Å². The van der Waals surface area contributed by atoms with Crippen LogP contribution in [-0.2, 0) is 9.59 Å². The summed E-state index contributed by atoms with van der Waals surface area (Å²) in [4.78, 5) is 38.9. The molecule has 0 saturated heterocycles. The van der Waals surface area contributed by atoms with Crippen molar-refractivity contribution in [2.75, 3.05) is 11.2 Å². The number of carbonyl (C=O) groups is 2. The number of rotatable bonds is 5. The summed E-state index contributed by atoms with van der Waals surface area (Å²) in [7, 11) is 0. The second kappa shape index (κ2) is 9.32. The molecule has 1 N–H and O–H groups in total. The number of amides is 2. The predicted molar refractivity (Wildman–Crippen MR) is 118 cm³/mol. The van der Waals surface area contributed by atoms with Crippen molar-refractivity contribution in [1.82, 2.24) is 15.0 Å². The highest BCUT2D eigenvalue weighted by Gasteiger charge is 2.22. The molecule has 30 heavy (non-hydrogen) atoms. The minimum absolute atomic E-state index is 0.0190. The van der Waals surface area contributed by atoms with Gasteiger partial charge in [0.2, 0.25) is 17.8 Å². The normalized spacial score (nSPS) is 10.9. The molecule has 1 heterocycles. The average Bonchev–Trinajstić information content (AvgIpc) is 2.72. The lowest BCUT2D eigenvalue weighted by atomic mass is 10.2. The van der Waals surface area contributed by atoms with Crippen LogP contribution in [-0.4, -0.2) is 38.1 Å². The van der Waals surface area contributed by atoms with E-state index in [0.717, 1.165) is 15.4 Å². The Morgan fingerprint density at radius 1 is 0.933 bits per heavy atom. The lowest BCUT2D eigenvalue weighted by Crippen LogP contribution is -2.35. The molecule has 0 bridgehead atoms. The van der Waals surface area contributed by atoms with Gasteiger partial charge in [0.05, 0.1) is 5.56 Å². The van der Waals surface area contributed by atoms with Crippen LogP contribution < -0.4 is 4.90 Å². The molecule has 0 radical (unpaired) electrons. The summed E-state index contributed by atoms with van der Waals surface area (Å²) in [5, 5.41) is 10.2. The molecule has 0 fully saturated rings. The van der Waals surface area contributed by atoms with Gasteiger partial charge in [0.25, 0.3) is 0 Å². The Kier molecular flexibility index (Phi) is 6.58. The zero-order valence-corrected chi connectivity index (χ0v) is 17.6. The van der Waals surface area contributed by atoms with E-state index in [2.05, 4.69) is 15.0 Å². The fraction of sp³-hybridized carbons (Fsp3) is 0.136. The first-order chi connectivity index (χ1) is 14.4. The Bertz CT molecular complexity index is 1100. The predicted octanol–water partition coefficient (Wildman–Crippen LogP) is 4.04. The Hall–Kier alpha value is -3.52. The maximum Gasteiger partial charge on any atom is 0.243 e. The van der Waals surface area contributed by atoms with Crippen molar-refractivity contribution in [2.45, 2.75) is 18.7 Å². The average molecular weight is 420 g/mol. The van der Waals surface area contributed by atoms with Crippen LogP contribution in [0.15, 0.2) is 53.4 Å². The molecule has 0 aliphatic heterocycles. The van der Waals surface area contributed by atoms with Crippen LogP contribution in [0.25, 0.3) is 23.5 Å². The van der Waals surface area contributed by atoms with Crippen LogP contribution in [0.4, 0.5) is 5.95 Å². The van der Waals surface area contributed by atoms with Gasteiger partial charge in [0, 0.05) is 18.7 Å². The lowest BCUT2D eigenvalue weighted by Gasteiger charge is -2.16. The minimum Gasteiger partial charge on any atom is -0.507 e. The number of anilines is 1. The number of aromatic nitrogens is 3. The Labute approximate surface area is 178 Å². The summed E-state index contributed by atoms with van der Waals surface area (Å²) in [5.74, 6) is -0.739. The van der Waals surface area contributed by atoms with E-state index in [1.54, 1.807) is 36.0 Å². The minimum atomic E-state index is -0.514. The van der Waals surface area contributed by atoms with Crippen molar-refractivity contribution in [3.63, 3.8) is 0 Å². The second-order valence-electron chi connectivity index (χ2n) is 6.31. The highest BCUT2D eigenvalue weighted by atomic mass is 32.2. The molecule has 3 rings (SSSR count). The number of para-hydroxylation sites is 1. The number of hydrogen-bond donors (Lipinski definition) is 1. The van der Waals surface area contributed by atoms with Gasteiger partial charge in [0.1, 0.15) is 5.75 Å². The lowest BCUT2D eigenvalue weighted by molar-refractivity contribution is -0.124. The second-order valence-corrected chi connectivity index (χ2v) is 7.19. The summed E-state index contributed by atoms with van der Waals surface area (Å²) < 4.78 is 0. The van der Waals surface area contributed by atoms with Gasteiger partial charge in [-0.1, -0.05) is 30.3 Å². The molecule has 2 aromatic carbocycles. The molecule has 2 amide bonds. The highest BCUT2D eigenvalue weighted by molar-refractivity contribution is 7.98. The van der Waals surface area contributed by atoms with Crippen LogP contribution in [0.5, 0.6) is 5.75 Å². The number of phenols is 1. The first-order valence-electron chi connectivity index (χ1n) is 9.07. The largest absolute Gasteiger partial charge is 0.507 e. The number of imide groups is 1. The summed E-state index contributed by atoms with van der Waals surface area (Å²) in [6, 6.07) is 14.5. The summed E-state index contributed by atoms with van der Waals surface area (Å²) >= 11 is 1.65. The fourth-order valence-corrected chi connectivity index (χ4v) is 3.14. The van der Waals surface area contributed by atoms with Crippen LogP contribution in [0.3, 0.4) is 0 Å². The molecule has 7 nitrogen and oxygen atoms in total. The van der Waals surface area contributed by atoms with Crippen molar-refractivity contribution in [2.24, 2.45) is 0 Å². The monoisotopic (exact) mass is 420 g/mol. The van der Waals surface area contributed by atoms with E-state index in [4.69, 9.17) is 0 Å².